The molecule has 1 heterocycles. The van der Waals surface area contributed by atoms with Crippen molar-refractivity contribution >= 4 is 11.9 Å². The summed E-state index contributed by atoms with van der Waals surface area (Å²) in [4.78, 5) is 24.7. The normalized spacial score (nSPS) is 18.9. The molecule has 0 spiro atoms. The zero-order valence-electron chi connectivity index (χ0n) is 11.5. The van der Waals surface area contributed by atoms with Gasteiger partial charge in [-0.05, 0) is 0 Å². The van der Waals surface area contributed by atoms with E-state index in [1.54, 1.807) is 4.90 Å². The number of amides is 1. The third kappa shape index (κ3) is 5.54. The highest BCUT2D eigenvalue weighted by Gasteiger charge is 2.34. The van der Waals surface area contributed by atoms with Crippen LogP contribution in [0, 0.1) is 5.92 Å². The molecule has 1 rings (SSSR count). The number of nitrogens with two attached hydrogens (primary N) is 1. The van der Waals surface area contributed by atoms with Gasteiger partial charge in [0.1, 0.15) is 0 Å². The monoisotopic (exact) mass is 272 g/mol. The van der Waals surface area contributed by atoms with Crippen molar-refractivity contribution in [2.75, 3.05) is 52.9 Å². The van der Waals surface area contributed by atoms with Crippen molar-refractivity contribution in [1.29, 1.82) is 0 Å². The number of rotatable bonds is 9. The molecule has 4 N–H and O–H groups in total. The Morgan fingerprint density at radius 3 is 2.68 bits per heavy atom. The van der Waals surface area contributed by atoms with Gasteiger partial charge in [-0.2, -0.15) is 0 Å². The van der Waals surface area contributed by atoms with Crippen LogP contribution in [0.2, 0.25) is 0 Å². The standard InChI is InChI=1S/C12H24N4O3/c1-19-12(18)10-8-11(17)16(9-10)7-6-15-5-4-14-3-2-13/h10,14-15H,2-9,13H2,1H3. The average Bonchev–Trinajstić information content (AvgIpc) is 2.78. The van der Waals surface area contributed by atoms with Crippen molar-refractivity contribution in [1.82, 2.24) is 15.5 Å². The summed E-state index contributed by atoms with van der Waals surface area (Å²) in [5.41, 5.74) is 5.35. The molecule has 0 aromatic carbocycles. The predicted octanol–water partition coefficient (Wildman–Crippen LogP) is -1.85. The average molecular weight is 272 g/mol. The lowest BCUT2D eigenvalue weighted by Crippen LogP contribution is -2.37. The minimum Gasteiger partial charge on any atom is -0.469 e. The van der Waals surface area contributed by atoms with E-state index in [4.69, 9.17) is 5.73 Å². The first-order valence-corrected chi connectivity index (χ1v) is 6.66. The number of ether oxygens (including phenoxy) is 1. The van der Waals surface area contributed by atoms with Crippen LogP contribution in [-0.2, 0) is 14.3 Å². The number of likely N-dealkylation sites (tertiary alicyclic amines) is 1. The number of carbonyl (C=O) groups excluding carboxylic acids is 2. The van der Waals surface area contributed by atoms with Gasteiger partial charge in [0.25, 0.3) is 0 Å². The molecule has 7 nitrogen and oxygen atoms in total. The second kappa shape index (κ2) is 8.84. The maximum atomic E-state index is 11.7. The van der Waals surface area contributed by atoms with Crippen LogP contribution in [-0.4, -0.2) is 69.7 Å². The fourth-order valence-corrected chi connectivity index (χ4v) is 2.06. The Morgan fingerprint density at radius 1 is 1.37 bits per heavy atom. The van der Waals surface area contributed by atoms with E-state index in [0.717, 1.165) is 26.2 Å². The number of nitrogens with zero attached hydrogens (tertiary/aromatic N) is 1. The molecule has 0 radical (unpaired) electrons. The van der Waals surface area contributed by atoms with Crippen LogP contribution < -0.4 is 16.4 Å². The van der Waals surface area contributed by atoms with Crippen LogP contribution in [0.5, 0.6) is 0 Å². The first-order chi connectivity index (χ1) is 9.19. The van der Waals surface area contributed by atoms with Crippen LogP contribution in [0.1, 0.15) is 6.42 Å². The molecule has 1 unspecified atom stereocenters. The van der Waals surface area contributed by atoms with Gasteiger partial charge >= 0.3 is 5.97 Å². The number of hydrogen-bond donors (Lipinski definition) is 3. The van der Waals surface area contributed by atoms with E-state index < -0.39 is 0 Å². The molecule has 1 aliphatic heterocycles. The van der Waals surface area contributed by atoms with E-state index in [0.29, 0.717) is 19.6 Å². The lowest BCUT2D eigenvalue weighted by molar-refractivity contribution is -0.145. The quantitative estimate of drug-likeness (QED) is 0.337. The molecule has 1 saturated heterocycles. The molecule has 110 valence electrons. The molecular formula is C12H24N4O3. The Bertz CT molecular complexity index is 299. The zero-order valence-corrected chi connectivity index (χ0v) is 11.5. The maximum Gasteiger partial charge on any atom is 0.310 e. The molecule has 0 bridgehead atoms. The number of esters is 1. The molecule has 0 aromatic heterocycles. The highest BCUT2D eigenvalue weighted by Crippen LogP contribution is 2.18. The molecular weight excluding hydrogens is 248 g/mol. The molecule has 0 aliphatic carbocycles. The second-order valence-corrected chi connectivity index (χ2v) is 4.55. The largest absolute Gasteiger partial charge is 0.469 e. The number of methoxy groups -OCH3 is 1. The summed E-state index contributed by atoms with van der Waals surface area (Å²) in [5.74, 6) is -0.572. The number of hydrogen-bond acceptors (Lipinski definition) is 6. The molecule has 7 heteroatoms. The molecule has 1 atom stereocenters. The Labute approximate surface area is 113 Å². The highest BCUT2D eigenvalue weighted by atomic mass is 16.5. The minimum atomic E-state index is -0.302. The topological polar surface area (TPSA) is 96.7 Å². The van der Waals surface area contributed by atoms with E-state index in [-0.39, 0.29) is 24.2 Å². The smallest absolute Gasteiger partial charge is 0.310 e. The summed E-state index contributed by atoms with van der Waals surface area (Å²) < 4.78 is 4.66. The van der Waals surface area contributed by atoms with Crippen molar-refractivity contribution in [2.24, 2.45) is 11.7 Å². The van der Waals surface area contributed by atoms with Gasteiger partial charge in [-0.25, -0.2) is 0 Å². The second-order valence-electron chi connectivity index (χ2n) is 4.55. The summed E-state index contributed by atoms with van der Waals surface area (Å²) in [6.07, 6.45) is 0.269. The van der Waals surface area contributed by atoms with Crippen LogP contribution in [0.15, 0.2) is 0 Å². The summed E-state index contributed by atoms with van der Waals surface area (Å²) in [5, 5.41) is 6.41. The van der Waals surface area contributed by atoms with Crippen molar-refractivity contribution < 1.29 is 14.3 Å². The molecule has 1 fully saturated rings. The van der Waals surface area contributed by atoms with Gasteiger partial charge in [0.05, 0.1) is 13.0 Å². The van der Waals surface area contributed by atoms with Crippen LogP contribution in [0.4, 0.5) is 0 Å². The fourth-order valence-electron chi connectivity index (χ4n) is 2.06. The molecule has 19 heavy (non-hydrogen) atoms. The number of carbonyl (C=O) groups is 2. The van der Waals surface area contributed by atoms with E-state index >= 15 is 0 Å². The van der Waals surface area contributed by atoms with E-state index in [9.17, 15) is 9.59 Å². The summed E-state index contributed by atoms with van der Waals surface area (Å²) in [7, 11) is 1.35. The van der Waals surface area contributed by atoms with E-state index in [2.05, 4.69) is 15.4 Å². The zero-order chi connectivity index (χ0) is 14.1. The lowest BCUT2D eigenvalue weighted by Gasteiger charge is -2.16. The van der Waals surface area contributed by atoms with Crippen molar-refractivity contribution in [3.05, 3.63) is 0 Å². The Morgan fingerprint density at radius 2 is 2.05 bits per heavy atom. The van der Waals surface area contributed by atoms with Crippen molar-refractivity contribution in [2.45, 2.75) is 6.42 Å². The van der Waals surface area contributed by atoms with Gasteiger partial charge in [-0.15, -0.1) is 0 Å². The van der Waals surface area contributed by atoms with Gasteiger partial charge in [0, 0.05) is 52.2 Å². The molecule has 0 aromatic rings. The third-order valence-electron chi connectivity index (χ3n) is 3.11. The minimum absolute atomic E-state index is 0.0263. The van der Waals surface area contributed by atoms with Crippen molar-refractivity contribution in [3.8, 4) is 0 Å². The SMILES string of the molecule is COC(=O)C1CC(=O)N(CCNCCNCCN)C1. The van der Waals surface area contributed by atoms with E-state index in [1.807, 2.05) is 0 Å². The molecule has 1 aliphatic rings. The van der Waals surface area contributed by atoms with Crippen LogP contribution >= 0.6 is 0 Å². The molecule has 0 saturated carbocycles. The van der Waals surface area contributed by atoms with Gasteiger partial charge in [0.2, 0.25) is 5.91 Å². The van der Waals surface area contributed by atoms with E-state index in [1.165, 1.54) is 7.11 Å². The predicted molar refractivity (Wildman–Crippen MR) is 71.5 cm³/mol. The fraction of sp³-hybridized carbons (Fsp3) is 0.833. The third-order valence-corrected chi connectivity index (χ3v) is 3.11. The van der Waals surface area contributed by atoms with Crippen LogP contribution in [0.3, 0.4) is 0 Å². The summed E-state index contributed by atoms with van der Waals surface area (Å²) >= 11 is 0. The molecule has 1 amide bonds. The van der Waals surface area contributed by atoms with Gasteiger partial charge in [-0.3, -0.25) is 9.59 Å². The summed E-state index contributed by atoms with van der Waals surface area (Å²) in [6.45, 7) is 4.97. The van der Waals surface area contributed by atoms with Gasteiger partial charge < -0.3 is 26.0 Å². The summed E-state index contributed by atoms with van der Waals surface area (Å²) in [6, 6.07) is 0. The Kier molecular flexibility index (Phi) is 7.39. The lowest BCUT2D eigenvalue weighted by atomic mass is 10.1. The van der Waals surface area contributed by atoms with Crippen LogP contribution in [0.25, 0.3) is 0 Å². The highest BCUT2D eigenvalue weighted by molar-refractivity contribution is 5.86. The maximum absolute atomic E-state index is 11.7. The van der Waals surface area contributed by atoms with Gasteiger partial charge in [0.15, 0.2) is 0 Å². The van der Waals surface area contributed by atoms with Crippen molar-refractivity contribution in [3.63, 3.8) is 0 Å². The Balaban J connectivity index is 2.10. The number of nitrogens with one attached hydrogen (secondary N) is 2. The Hall–Kier alpha value is -1.18. The first-order valence-electron chi connectivity index (χ1n) is 6.66. The van der Waals surface area contributed by atoms with Gasteiger partial charge in [-0.1, -0.05) is 0 Å². The first kappa shape index (κ1) is 15.9.